The monoisotopic (exact) mass is 1610 g/mol. The molecule has 0 bridgehead atoms. The number of ether oxygens (including phenoxy) is 4. The van der Waals surface area contributed by atoms with Crippen LogP contribution in [-0.2, 0) is 65.0 Å². The van der Waals surface area contributed by atoms with Gasteiger partial charge in [0.2, 0.25) is 11.8 Å². The van der Waals surface area contributed by atoms with Crippen LogP contribution in [0, 0.1) is 6.92 Å². The number of fused-ring (bicyclic) bond motifs is 12. The number of hydrogen-bond acceptors (Lipinski definition) is 21. The van der Waals surface area contributed by atoms with Crippen LogP contribution in [0.25, 0.3) is 0 Å². The van der Waals surface area contributed by atoms with Gasteiger partial charge in [-0.05, 0) is 157 Å². The molecule has 3 atom stereocenters. The quantitative estimate of drug-likeness (QED) is 0.0132. The van der Waals surface area contributed by atoms with Crippen LogP contribution in [0.15, 0.2) is 161 Å². The van der Waals surface area contributed by atoms with E-state index >= 15 is 0 Å². The predicted molar refractivity (Wildman–Crippen MR) is 430 cm³/mol. The predicted octanol–water partition coefficient (Wildman–Crippen LogP) is 8.41. The summed E-state index contributed by atoms with van der Waals surface area (Å²) < 4.78 is 23.8. The number of aliphatic imine (C=N–C) groups is 3. The molecule has 6 heterocycles. The number of phenols is 1. The number of aliphatic hydroxyl groups is 2. The number of carbonyl (C=O) groups excluding carboxylic acids is 6. The molecule has 111 heavy (non-hydrogen) atoms. The van der Waals surface area contributed by atoms with Crippen LogP contribution in [0.3, 0.4) is 0 Å². The normalized spacial score (nSPS) is 15.5. The van der Waals surface area contributed by atoms with Crippen molar-refractivity contribution < 1.29 is 177 Å². The molecule has 0 unspecified atom stereocenters. The number of hydrogen-bond donors (Lipinski definition) is 5. The molecule has 0 fully saturated rings. The van der Waals surface area contributed by atoms with E-state index in [9.17, 15) is 39.3 Å². The zero-order valence-electron chi connectivity index (χ0n) is 65.0. The smallest absolute Gasteiger partial charge is 1.00 e. The van der Waals surface area contributed by atoms with Gasteiger partial charge in [0.25, 0.3) is 24.2 Å². The number of phenolic OH excluding ortho intramolecular Hbond substituents is 1. The summed E-state index contributed by atoms with van der Waals surface area (Å²) in [6.07, 6.45) is 12.0. The number of carbonyl (C=O) groups is 6. The first-order valence-corrected chi connectivity index (χ1v) is 39.1. The van der Waals surface area contributed by atoms with Gasteiger partial charge < -0.3 is 56.5 Å². The Morgan fingerprint density at radius 2 is 0.955 bits per heavy atom. The van der Waals surface area contributed by atoms with Crippen molar-refractivity contribution >= 4 is 134 Å². The second kappa shape index (κ2) is 40.2. The molecular weight excluding hydrogens is 1520 g/mol. The van der Waals surface area contributed by atoms with E-state index in [1.54, 1.807) is 81.1 Å². The van der Waals surface area contributed by atoms with E-state index in [0.717, 1.165) is 75.5 Å². The molecule has 14 rings (SSSR count). The second-order valence-electron chi connectivity index (χ2n) is 27.7. The summed E-state index contributed by atoms with van der Waals surface area (Å²) in [5.41, 5.74) is 14.0. The van der Waals surface area contributed by atoms with Gasteiger partial charge in [-0.1, -0.05) is 103 Å². The van der Waals surface area contributed by atoms with Crippen LogP contribution >= 0.6 is 33.3 Å². The number of nitrogens with one attached hydrogen (secondary N) is 2. The van der Waals surface area contributed by atoms with E-state index < -0.39 is 0 Å². The summed E-state index contributed by atoms with van der Waals surface area (Å²) in [5, 5.41) is 42.6. The van der Waals surface area contributed by atoms with E-state index in [0.29, 0.717) is 99.2 Å². The molecule has 0 aliphatic carbocycles. The number of rotatable bonds is 23. The van der Waals surface area contributed by atoms with Crippen molar-refractivity contribution in [2.75, 3.05) is 51.6 Å². The first-order valence-electron chi connectivity index (χ1n) is 35.5. The van der Waals surface area contributed by atoms with Crippen molar-refractivity contribution in [2.24, 2.45) is 15.0 Å². The number of para-hydroxylation sites is 3. The maximum absolute atomic E-state index is 14.0. The van der Waals surface area contributed by atoms with E-state index in [2.05, 4.69) is 61.2 Å². The summed E-state index contributed by atoms with van der Waals surface area (Å²) in [4.78, 5) is 96.8. The maximum atomic E-state index is 14.0. The molecule has 570 valence electrons. The largest absolute Gasteiger partial charge is 1.00 e. The van der Waals surface area contributed by atoms with Gasteiger partial charge in [0, 0.05) is 107 Å². The number of benzene rings is 8. The molecule has 6 aliphatic rings. The van der Waals surface area contributed by atoms with Gasteiger partial charge in [0.1, 0.15) is 19.0 Å². The first kappa shape index (κ1) is 87.8. The van der Waals surface area contributed by atoms with Crippen molar-refractivity contribution in [1.82, 2.24) is 0 Å². The van der Waals surface area contributed by atoms with E-state index in [4.69, 9.17) is 39.0 Å². The van der Waals surface area contributed by atoms with Crippen molar-refractivity contribution in [3.8, 4) is 28.7 Å². The Morgan fingerprint density at radius 3 is 1.38 bits per heavy atom. The summed E-state index contributed by atoms with van der Waals surface area (Å²) in [7, 11) is 6.46. The molecule has 0 saturated carbocycles. The molecule has 23 nitrogen and oxygen atoms in total. The number of nitrogens with zero attached hydrogens (tertiary/aromatic N) is 6. The molecule has 8 aromatic carbocycles. The minimum Gasteiger partial charge on any atom is -1.00 e. The zero-order chi connectivity index (χ0) is 77.7. The third-order valence-corrected chi connectivity index (χ3v) is 23.0. The van der Waals surface area contributed by atoms with E-state index in [1.807, 2.05) is 139 Å². The third-order valence-electron chi connectivity index (χ3n) is 19.0. The Morgan fingerprint density at radius 1 is 0.568 bits per heavy atom. The zero-order valence-corrected chi connectivity index (χ0v) is 72.7. The summed E-state index contributed by atoms with van der Waals surface area (Å²) >= 11 is 1.85. The SMILES string of the molecule is CCSC(C)(C)CCC(=O)Nc1cc(CO)cc(CO)c1.COc1cc2c(cc1O)N=C[C@@H]1Cc3ccccc3N1C2=O.COc1cc2c(cc1OCc1cc(COc3cc4c(cc3C)C(=O)N3c5ccccc5C[C@H]3C=N4)cc(NC(=O)CCC(C)(C)SSC)c1)N=C[C@@H]1Cc3ccccc3N1C2=O.O=CO[O-].[H-].[K+].[K+]. The maximum Gasteiger partial charge on any atom is 1.00 e. The molecule has 5 amide bonds. The number of amides is 5. The molecule has 8 aromatic rings. The van der Waals surface area contributed by atoms with Gasteiger partial charge in [-0.25, -0.2) is 0 Å². The number of methoxy groups -OCH3 is 2. The Labute approximate surface area is 744 Å². The number of anilines is 5. The second-order valence-corrected chi connectivity index (χ2v) is 32.8. The fourth-order valence-corrected chi connectivity index (χ4v) is 17.1. The Hall–Kier alpha value is -7.21. The van der Waals surface area contributed by atoms with E-state index in [1.165, 1.54) is 13.2 Å². The van der Waals surface area contributed by atoms with Crippen molar-refractivity contribution in [1.29, 1.82) is 0 Å². The number of aliphatic hydroxyl groups excluding tert-OH is 2. The average Bonchev–Trinajstić information content (AvgIpc) is 1.62. The van der Waals surface area contributed by atoms with Crippen LogP contribution in [0.2, 0.25) is 0 Å². The molecular formula is C83H88K2N8O15S3. The van der Waals surface area contributed by atoms with Crippen LogP contribution in [0.4, 0.5) is 45.5 Å². The van der Waals surface area contributed by atoms with Gasteiger partial charge in [-0.2, -0.15) is 11.8 Å². The molecule has 6 aliphatic heterocycles. The van der Waals surface area contributed by atoms with Crippen LogP contribution < -0.4 is 152 Å². The number of aromatic hydroxyl groups is 1. The topological polar surface area (TPSA) is 303 Å². The van der Waals surface area contributed by atoms with Crippen molar-refractivity contribution in [2.45, 2.75) is 141 Å². The van der Waals surface area contributed by atoms with Crippen LogP contribution in [0.5, 0.6) is 28.7 Å². The number of aryl methyl sites for hydroxylation is 1. The molecule has 0 spiro atoms. The Balaban J connectivity index is 0.000000256. The van der Waals surface area contributed by atoms with Crippen molar-refractivity contribution in [3.63, 3.8) is 0 Å². The molecule has 28 heteroatoms. The first-order chi connectivity index (χ1) is 52.5. The van der Waals surface area contributed by atoms with E-state index in [-0.39, 0.29) is 206 Å². The minimum atomic E-state index is -0.183. The summed E-state index contributed by atoms with van der Waals surface area (Å²) in [6, 6.07) is 44.5. The van der Waals surface area contributed by atoms with Gasteiger partial charge in [0.05, 0.1) is 79.3 Å². The Kier molecular flexibility index (Phi) is 31.8. The van der Waals surface area contributed by atoms with Crippen LogP contribution in [-0.4, -0.2) is 124 Å². The molecule has 0 saturated heterocycles. The summed E-state index contributed by atoms with van der Waals surface area (Å²) in [5.74, 6) is 2.24. The van der Waals surface area contributed by atoms with Gasteiger partial charge >= 0.3 is 103 Å². The minimum absolute atomic E-state index is 0. The van der Waals surface area contributed by atoms with Gasteiger partial charge in [-0.15, -0.1) is 0 Å². The van der Waals surface area contributed by atoms with Crippen molar-refractivity contribution in [3.05, 3.63) is 207 Å². The van der Waals surface area contributed by atoms with Gasteiger partial charge in [-0.3, -0.25) is 58.4 Å². The standard InChI is InChI=1S/C49H47N5O6S2.C17H14N2O3.C16H25NO3S.CH2O3.2K.H/c1-29-16-37-39(50-25-35-20-32-10-6-8-12-41(32)53(35)47(37)56)23-43(29)59-27-30-17-31(19-34(18-30)52-46(55)14-15-49(2,3)62-61-5)28-60-45-24-40-38(22-44(45)58-4)48(57)54-36(26-51-40)21-33-11-7-9-13-42(33)54;1-22-16-7-12-13(8-15(16)20)18-9-11-6-10-4-2-3-5-14(10)19(11)17(12)21;1-4-21-16(2,3)6-5-15(20)17-14-8-12(10-18)7-13(9-14)11-19;2-1-4-3;;;/h6-13,16-19,22-26,35-36H,14-15,20-21,27-28H2,1-5H3,(H,52,55);2-5,7-9,11,20H,6H2,1H3;7-9,18-19H,4-6,10-11H2,1-3H3,(H,17,20);1,3H;;;/q;;;;2*+1;-1/p-1/t35-,36-;11-;;;;;/m00...../s1. The molecule has 5 N–H and O–H groups in total. The fourth-order valence-electron chi connectivity index (χ4n) is 13.8. The number of thioether (sulfide) groups is 1. The van der Waals surface area contributed by atoms with Gasteiger partial charge in [0.15, 0.2) is 23.0 Å². The third kappa shape index (κ3) is 21.6. The Bertz CT molecular complexity index is 4840. The molecule has 0 aromatic heterocycles. The molecule has 0 radical (unpaired) electrons. The summed E-state index contributed by atoms with van der Waals surface area (Å²) in [6.45, 7) is 12.5. The van der Waals surface area contributed by atoms with Crippen LogP contribution in [0.1, 0.15) is 137 Å². The fraction of sp³-hybridized carbons (Fsp3) is 0.313. The average molecular weight is 1610 g/mol.